The van der Waals surface area contributed by atoms with E-state index >= 15 is 0 Å². The number of rotatable bonds is 31. The summed E-state index contributed by atoms with van der Waals surface area (Å²) in [6.45, 7) is 4.99. The molecule has 0 aromatic rings. The molecule has 1 unspecified atom stereocenters. The molecule has 1 atom stereocenters. The van der Waals surface area contributed by atoms with Crippen LogP contribution in [0.3, 0.4) is 0 Å². The van der Waals surface area contributed by atoms with Gasteiger partial charge in [-0.2, -0.15) is 0 Å². The average molecular weight is 495 g/mol. The van der Waals surface area contributed by atoms with Gasteiger partial charge in [0.15, 0.2) is 0 Å². The van der Waals surface area contributed by atoms with Crippen LogP contribution in [-0.2, 0) is 0 Å². The lowest BCUT2D eigenvalue weighted by Crippen LogP contribution is -2.02. The molecule has 0 fully saturated rings. The zero-order valence-electron chi connectivity index (χ0n) is 24.9. The molecule has 0 aliphatic heterocycles. The monoisotopic (exact) mass is 495 g/mol. The van der Waals surface area contributed by atoms with Crippen LogP contribution in [0.5, 0.6) is 0 Å². The summed E-state index contributed by atoms with van der Waals surface area (Å²) in [5.41, 5.74) is 0. The van der Waals surface area contributed by atoms with Crippen LogP contribution in [0.4, 0.5) is 0 Å². The Labute approximate surface area is 224 Å². The molecule has 0 rings (SSSR count). The van der Waals surface area contributed by atoms with Crippen LogP contribution in [0.2, 0.25) is 0 Å². The maximum atomic E-state index is 9.02. The van der Waals surface area contributed by atoms with Crippen molar-refractivity contribution >= 4 is 0 Å². The quantitative estimate of drug-likeness (QED) is 0.0950. The molecule has 0 radical (unpaired) electrons. The standard InChI is InChI=1S/C34H70O/c1-3-5-7-9-11-13-14-15-16-17-19-21-23-27-31-34(32-28-24-25-29-33-35)30-26-22-20-18-12-10-8-6-4-2/h34-35H,3-33H2,1-2H3. The second kappa shape index (κ2) is 32.0. The summed E-state index contributed by atoms with van der Waals surface area (Å²) < 4.78 is 0. The van der Waals surface area contributed by atoms with E-state index in [-0.39, 0.29) is 0 Å². The summed E-state index contributed by atoms with van der Waals surface area (Å²) in [5.74, 6) is 0.978. The second-order valence-corrected chi connectivity index (χ2v) is 11.8. The van der Waals surface area contributed by atoms with Crippen LogP contribution in [0.15, 0.2) is 0 Å². The highest BCUT2D eigenvalue weighted by atomic mass is 16.2. The van der Waals surface area contributed by atoms with E-state index in [4.69, 9.17) is 5.11 Å². The minimum absolute atomic E-state index is 0.376. The van der Waals surface area contributed by atoms with Crippen LogP contribution in [0.1, 0.15) is 206 Å². The first-order valence-corrected chi connectivity index (χ1v) is 17.0. The van der Waals surface area contributed by atoms with Gasteiger partial charge in [0, 0.05) is 6.61 Å². The largest absolute Gasteiger partial charge is 0.396 e. The number of aliphatic hydroxyl groups excluding tert-OH is 1. The number of hydrogen-bond donors (Lipinski definition) is 1. The van der Waals surface area contributed by atoms with E-state index in [2.05, 4.69) is 13.8 Å². The van der Waals surface area contributed by atoms with Gasteiger partial charge in [0.2, 0.25) is 0 Å². The van der Waals surface area contributed by atoms with Crippen molar-refractivity contribution in [2.45, 2.75) is 206 Å². The minimum atomic E-state index is 0.376. The Kier molecular flexibility index (Phi) is 32.0. The van der Waals surface area contributed by atoms with Gasteiger partial charge in [0.25, 0.3) is 0 Å². The van der Waals surface area contributed by atoms with E-state index in [1.165, 1.54) is 186 Å². The normalized spacial score (nSPS) is 12.4. The molecule has 212 valence electrons. The molecule has 0 heterocycles. The van der Waals surface area contributed by atoms with Gasteiger partial charge >= 0.3 is 0 Å². The third kappa shape index (κ3) is 30.1. The highest BCUT2D eigenvalue weighted by Crippen LogP contribution is 2.25. The van der Waals surface area contributed by atoms with E-state index in [0.29, 0.717) is 6.61 Å². The third-order valence-electron chi connectivity index (χ3n) is 8.20. The molecule has 0 amide bonds. The fourth-order valence-corrected chi connectivity index (χ4v) is 5.70. The first-order chi connectivity index (χ1) is 17.3. The summed E-state index contributed by atoms with van der Waals surface area (Å²) in [5, 5.41) is 9.02. The van der Waals surface area contributed by atoms with Gasteiger partial charge in [0.1, 0.15) is 0 Å². The van der Waals surface area contributed by atoms with Gasteiger partial charge in [0.05, 0.1) is 0 Å². The van der Waals surface area contributed by atoms with Crippen LogP contribution < -0.4 is 0 Å². The Bertz CT molecular complexity index is 352. The predicted molar refractivity (Wildman–Crippen MR) is 160 cm³/mol. The lowest BCUT2D eigenvalue weighted by atomic mass is 9.89. The topological polar surface area (TPSA) is 20.2 Å². The SMILES string of the molecule is CCCCCCCCCCCCCCCCC(CCCCCCO)CCCCCCCCCCC. The van der Waals surface area contributed by atoms with Crippen LogP contribution in [0.25, 0.3) is 0 Å². The lowest BCUT2D eigenvalue weighted by molar-refractivity contribution is 0.280. The van der Waals surface area contributed by atoms with Crippen LogP contribution in [-0.4, -0.2) is 11.7 Å². The lowest BCUT2D eigenvalue weighted by Gasteiger charge is -2.17. The zero-order valence-corrected chi connectivity index (χ0v) is 24.9. The maximum absolute atomic E-state index is 9.02. The van der Waals surface area contributed by atoms with Gasteiger partial charge in [-0.25, -0.2) is 0 Å². The smallest absolute Gasteiger partial charge is 0.0431 e. The van der Waals surface area contributed by atoms with Crippen molar-refractivity contribution in [3.8, 4) is 0 Å². The van der Waals surface area contributed by atoms with Gasteiger partial charge in [-0.1, -0.05) is 200 Å². The molecule has 1 nitrogen and oxygen atoms in total. The molecule has 0 aromatic carbocycles. The van der Waals surface area contributed by atoms with E-state index < -0.39 is 0 Å². The molecule has 1 heteroatoms. The fraction of sp³-hybridized carbons (Fsp3) is 1.00. The molecule has 0 aromatic heterocycles. The Hall–Kier alpha value is -0.0400. The summed E-state index contributed by atoms with van der Waals surface area (Å²) in [6, 6.07) is 0. The van der Waals surface area contributed by atoms with E-state index in [0.717, 1.165) is 12.3 Å². The Morgan fingerprint density at radius 2 is 0.543 bits per heavy atom. The maximum Gasteiger partial charge on any atom is 0.0431 e. The highest BCUT2D eigenvalue weighted by Gasteiger charge is 2.09. The molecule has 0 aliphatic carbocycles. The number of aliphatic hydroxyl groups is 1. The summed E-state index contributed by atoms with van der Waals surface area (Å²) >= 11 is 0. The van der Waals surface area contributed by atoms with E-state index in [1.54, 1.807) is 0 Å². The van der Waals surface area contributed by atoms with Crippen molar-refractivity contribution in [1.82, 2.24) is 0 Å². The predicted octanol–water partition coefficient (Wildman–Crippen LogP) is 12.3. The molecule has 0 saturated carbocycles. The van der Waals surface area contributed by atoms with Gasteiger partial charge < -0.3 is 5.11 Å². The Morgan fingerprint density at radius 1 is 0.314 bits per heavy atom. The molecule has 1 N–H and O–H groups in total. The van der Waals surface area contributed by atoms with Crippen molar-refractivity contribution in [2.24, 2.45) is 5.92 Å². The summed E-state index contributed by atoms with van der Waals surface area (Å²) in [6.07, 6.45) is 42.9. The van der Waals surface area contributed by atoms with Gasteiger partial charge in [-0.05, 0) is 12.3 Å². The Balaban J connectivity index is 3.69. The van der Waals surface area contributed by atoms with Crippen molar-refractivity contribution in [3.05, 3.63) is 0 Å². The molecular weight excluding hydrogens is 424 g/mol. The average Bonchev–Trinajstić information content (AvgIpc) is 2.87. The van der Waals surface area contributed by atoms with Crippen molar-refractivity contribution < 1.29 is 5.11 Å². The molecule has 0 bridgehead atoms. The minimum Gasteiger partial charge on any atom is -0.396 e. The fourth-order valence-electron chi connectivity index (χ4n) is 5.70. The molecule has 35 heavy (non-hydrogen) atoms. The first kappa shape index (κ1) is 35.0. The molecular formula is C34H70O. The first-order valence-electron chi connectivity index (χ1n) is 17.0. The zero-order chi connectivity index (χ0) is 25.5. The summed E-state index contributed by atoms with van der Waals surface area (Å²) in [7, 11) is 0. The molecule has 0 saturated heterocycles. The van der Waals surface area contributed by atoms with E-state index in [9.17, 15) is 0 Å². The number of hydrogen-bond acceptors (Lipinski definition) is 1. The van der Waals surface area contributed by atoms with Crippen molar-refractivity contribution in [1.29, 1.82) is 0 Å². The Morgan fingerprint density at radius 3 is 0.800 bits per heavy atom. The van der Waals surface area contributed by atoms with E-state index in [1.807, 2.05) is 0 Å². The van der Waals surface area contributed by atoms with Crippen LogP contribution >= 0.6 is 0 Å². The molecule has 0 aliphatic rings. The summed E-state index contributed by atoms with van der Waals surface area (Å²) in [4.78, 5) is 0. The van der Waals surface area contributed by atoms with Gasteiger partial charge in [-0.15, -0.1) is 0 Å². The second-order valence-electron chi connectivity index (χ2n) is 11.8. The van der Waals surface area contributed by atoms with Gasteiger partial charge in [-0.3, -0.25) is 0 Å². The highest BCUT2D eigenvalue weighted by molar-refractivity contribution is 4.62. The van der Waals surface area contributed by atoms with Crippen molar-refractivity contribution in [3.63, 3.8) is 0 Å². The van der Waals surface area contributed by atoms with Crippen molar-refractivity contribution in [2.75, 3.05) is 6.61 Å². The third-order valence-corrected chi connectivity index (χ3v) is 8.20. The van der Waals surface area contributed by atoms with Crippen LogP contribution in [0, 0.1) is 5.92 Å². The molecule has 0 spiro atoms. The number of unbranched alkanes of at least 4 members (excludes halogenated alkanes) is 24.